The lowest BCUT2D eigenvalue weighted by molar-refractivity contribution is -0.120. The number of benzene rings is 2. The molecule has 2 aliphatic rings. The van der Waals surface area contributed by atoms with Gasteiger partial charge in [0, 0.05) is 11.4 Å². The van der Waals surface area contributed by atoms with E-state index in [4.69, 9.17) is 4.74 Å². The van der Waals surface area contributed by atoms with Crippen LogP contribution in [0.25, 0.3) is 0 Å². The smallest absolute Gasteiger partial charge is 0.262 e. The Labute approximate surface area is 146 Å². The lowest BCUT2D eigenvalue weighted by Crippen LogP contribution is -2.31. The summed E-state index contributed by atoms with van der Waals surface area (Å²) < 4.78 is 5.46. The van der Waals surface area contributed by atoms with Crippen LogP contribution in [0.5, 0.6) is 5.75 Å². The number of ether oxygens (including phenoxy) is 1. The second-order valence-corrected chi connectivity index (χ2v) is 6.65. The molecular formula is C20H20N2O3. The average molecular weight is 336 g/mol. The first kappa shape index (κ1) is 15.7. The van der Waals surface area contributed by atoms with Gasteiger partial charge in [0.15, 0.2) is 6.61 Å². The van der Waals surface area contributed by atoms with Gasteiger partial charge in [0.2, 0.25) is 5.91 Å². The lowest BCUT2D eigenvalue weighted by atomic mass is 9.80. The maximum atomic E-state index is 12.4. The van der Waals surface area contributed by atoms with E-state index < -0.39 is 5.41 Å². The minimum Gasteiger partial charge on any atom is -0.484 e. The largest absolute Gasteiger partial charge is 0.484 e. The maximum absolute atomic E-state index is 12.4. The van der Waals surface area contributed by atoms with Gasteiger partial charge < -0.3 is 15.4 Å². The monoisotopic (exact) mass is 336 g/mol. The van der Waals surface area contributed by atoms with E-state index >= 15 is 0 Å². The predicted octanol–water partition coefficient (Wildman–Crippen LogP) is 3.47. The number of nitrogens with one attached hydrogen (secondary N) is 2. The van der Waals surface area contributed by atoms with Gasteiger partial charge in [-0.25, -0.2) is 0 Å². The summed E-state index contributed by atoms with van der Waals surface area (Å²) in [6.07, 6.45) is 3.88. The Kier molecular flexibility index (Phi) is 3.92. The second kappa shape index (κ2) is 6.24. The molecule has 1 heterocycles. The van der Waals surface area contributed by atoms with Crippen molar-refractivity contribution < 1.29 is 14.3 Å². The fourth-order valence-corrected chi connectivity index (χ4v) is 3.83. The first-order chi connectivity index (χ1) is 12.2. The molecule has 5 heteroatoms. The number of rotatable bonds is 4. The van der Waals surface area contributed by atoms with E-state index in [1.165, 1.54) is 0 Å². The summed E-state index contributed by atoms with van der Waals surface area (Å²) in [5.74, 6) is 0.531. The highest BCUT2D eigenvalue weighted by Crippen LogP contribution is 2.49. The van der Waals surface area contributed by atoms with Gasteiger partial charge >= 0.3 is 0 Å². The maximum Gasteiger partial charge on any atom is 0.262 e. The van der Waals surface area contributed by atoms with Crippen molar-refractivity contribution in [1.82, 2.24) is 0 Å². The van der Waals surface area contributed by atoms with E-state index in [0.29, 0.717) is 11.4 Å². The molecule has 1 aliphatic carbocycles. The van der Waals surface area contributed by atoms with Gasteiger partial charge in [0.25, 0.3) is 5.91 Å². The van der Waals surface area contributed by atoms with Crippen LogP contribution in [0, 0.1) is 0 Å². The van der Waals surface area contributed by atoms with Crippen LogP contribution in [0.2, 0.25) is 0 Å². The topological polar surface area (TPSA) is 67.4 Å². The van der Waals surface area contributed by atoms with Gasteiger partial charge in [0.05, 0.1) is 5.41 Å². The van der Waals surface area contributed by atoms with E-state index in [-0.39, 0.29) is 18.4 Å². The van der Waals surface area contributed by atoms with Crippen LogP contribution in [-0.2, 0) is 15.0 Å². The molecule has 0 unspecified atom stereocenters. The summed E-state index contributed by atoms with van der Waals surface area (Å²) in [5.41, 5.74) is 2.17. The van der Waals surface area contributed by atoms with Crippen molar-refractivity contribution in [3.05, 3.63) is 54.1 Å². The molecule has 0 aromatic heterocycles. The Morgan fingerprint density at radius 3 is 2.64 bits per heavy atom. The molecule has 0 saturated heterocycles. The van der Waals surface area contributed by atoms with Gasteiger partial charge in [-0.05, 0) is 48.7 Å². The van der Waals surface area contributed by atoms with Crippen LogP contribution in [0.4, 0.5) is 11.4 Å². The number of fused-ring (bicyclic) bond motifs is 2. The summed E-state index contributed by atoms with van der Waals surface area (Å²) in [5, 5.41) is 5.84. The molecule has 25 heavy (non-hydrogen) atoms. The number of para-hydroxylation sites is 1. The number of amides is 2. The minimum absolute atomic E-state index is 0.0522. The molecule has 2 amide bonds. The van der Waals surface area contributed by atoms with Crippen LogP contribution in [0.15, 0.2) is 48.5 Å². The Morgan fingerprint density at radius 1 is 1.12 bits per heavy atom. The zero-order valence-electron chi connectivity index (χ0n) is 13.9. The molecule has 2 aromatic carbocycles. The summed E-state index contributed by atoms with van der Waals surface area (Å²) in [6, 6.07) is 14.8. The van der Waals surface area contributed by atoms with Crippen LogP contribution in [-0.4, -0.2) is 18.4 Å². The Bertz CT molecular complexity index is 811. The molecule has 1 fully saturated rings. The normalized spacial score (nSPS) is 17.2. The predicted molar refractivity (Wildman–Crippen MR) is 95.8 cm³/mol. The SMILES string of the molecule is O=C(COc1ccccc1)Nc1ccc2c(c1)C1(CCCC1)C(=O)N2. The van der Waals surface area contributed by atoms with Crippen molar-refractivity contribution in [2.45, 2.75) is 31.1 Å². The summed E-state index contributed by atoms with van der Waals surface area (Å²) in [4.78, 5) is 24.6. The molecule has 1 spiro atoms. The van der Waals surface area contributed by atoms with Crippen molar-refractivity contribution in [3.63, 3.8) is 0 Å². The highest BCUT2D eigenvalue weighted by atomic mass is 16.5. The number of carbonyl (C=O) groups excluding carboxylic acids is 2. The second-order valence-electron chi connectivity index (χ2n) is 6.65. The van der Waals surface area contributed by atoms with E-state index in [0.717, 1.165) is 36.9 Å². The van der Waals surface area contributed by atoms with Crippen molar-refractivity contribution in [1.29, 1.82) is 0 Å². The van der Waals surface area contributed by atoms with E-state index in [2.05, 4.69) is 10.6 Å². The molecular weight excluding hydrogens is 316 g/mol. The van der Waals surface area contributed by atoms with Gasteiger partial charge in [0.1, 0.15) is 5.75 Å². The molecule has 2 aromatic rings. The number of anilines is 2. The first-order valence-electron chi connectivity index (χ1n) is 8.61. The van der Waals surface area contributed by atoms with Crippen molar-refractivity contribution in [2.75, 3.05) is 17.2 Å². The third-order valence-electron chi connectivity index (χ3n) is 5.07. The molecule has 2 N–H and O–H groups in total. The molecule has 1 aliphatic heterocycles. The Balaban J connectivity index is 1.46. The summed E-state index contributed by atoms with van der Waals surface area (Å²) in [7, 11) is 0. The zero-order chi connectivity index (χ0) is 17.3. The summed E-state index contributed by atoms with van der Waals surface area (Å²) in [6.45, 7) is -0.0522. The third-order valence-corrected chi connectivity index (χ3v) is 5.07. The number of hydrogen-bond acceptors (Lipinski definition) is 3. The quantitative estimate of drug-likeness (QED) is 0.898. The van der Waals surface area contributed by atoms with Gasteiger partial charge in [-0.2, -0.15) is 0 Å². The van der Waals surface area contributed by atoms with Gasteiger partial charge in [-0.15, -0.1) is 0 Å². The zero-order valence-corrected chi connectivity index (χ0v) is 13.9. The van der Waals surface area contributed by atoms with Crippen LogP contribution in [0.1, 0.15) is 31.2 Å². The highest BCUT2D eigenvalue weighted by molar-refractivity contribution is 6.07. The molecule has 0 bridgehead atoms. The minimum atomic E-state index is -0.406. The molecule has 128 valence electrons. The highest BCUT2D eigenvalue weighted by Gasteiger charge is 2.48. The van der Waals surface area contributed by atoms with E-state index in [1.807, 2.05) is 48.5 Å². The van der Waals surface area contributed by atoms with Gasteiger partial charge in [-0.1, -0.05) is 31.0 Å². The third kappa shape index (κ3) is 2.86. The summed E-state index contributed by atoms with van der Waals surface area (Å²) >= 11 is 0. The number of hydrogen-bond donors (Lipinski definition) is 2. The Hall–Kier alpha value is -2.82. The number of carbonyl (C=O) groups is 2. The van der Waals surface area contributed by atoms with Gasteiger partial charge in [-0.3, -0.25) is 9.59 Å². The van der Waals surface area contributed by atoms with E-state index in [9.17, 15) is 9.59 Å². The molecule has 1 saturated carbocycles. The van der Waals surface area contributed by atoms with Crippen molar-refractivity contribution in [3.8, 4) is 5.75 Å². The van der Waals surface area contributed by atoms with Crippen LogP contribution < -0.4 is 15.4 Å². The van der Waals surface area contributed by atoms with Crippen molar-refractivity contribution >= 4 is 23.2 Å². The lowest BCUT2D eigenvalue weighted by Gasteiger charge is -2.21. The molecule has 5 nitrogen and oxygen atoms in total. The molecule has 0 atom stereocenters. The fraction of sp³-hybridized carbons (Fsp3) is 0.300. The van der Waals surface area contributed by atoms with E-state index in [1.54, 1.807) is 0 Å². The molecule has 0 radical (unpaired) electrons. The molecule has 4 rings (SSSR count). The average Bonchev–Trinajstić information content (AvgIpc) is 3.22. The fourth-order valence-electron chi connectivity index (χ4n) is 3.83. The van der Waals surface area contributed by atoms with Crippen molar-refractivity contribution in [2.24, 2.45) is 0 Å². The first-order valence-corrected chi connectivity index (χ1v) is 8.61. The van der Waals surface area contributed by atoms with Crippen LogP contribution in [0.3, 0.4) is 0 Å². The van der Waals surface area contributed by atoms with Crippen LogP contribution >= 0.6 is 0 Å². The standard InChI is InChI=1S/C20H20N2O3/c23-18(13-25-15-6-2-1-3-7-15)21-14-8-9-17-16(12-14)20(19(24)22-17)10-4-5-11-20/h1-3,6-9,12H,4-5,10-11,13H2,(H,21,23)(H,22,24). The Morgan fingerprint density at radius 2 is 1.88 bits per heavy atom.